The van der Waals surface area contributed by atoms with Gasteiger partial charge in [-0.15, -0.1) is 0 Å². The normalized spacial score (nSPS) is 14.6. The predicted molar refractivity (Wildman–Crippen MR) is 72.6 cm³/mol. The van der Waals surface area contributed by atoms with E-state index in [1.54, 1.807) is 6.07 Å². The Bertz CT molecular complexity index is 363. The summed E-state index contributed by atoms with van der Waals surface area (Å²) in [7, 11) is 0. The zero-order chi connectivity index (χ0) is 12.9. The molecule has 1 nitrogen and oxygen atoms in total. The quantitative estimate of drug-likeness (QED) is 0.769. The molecule has 0 bridgehead atoms. The van der Waals surface area contributed by atoms with Crippen molar-refractivity contribution in [1.29, 1.82) is 0 Å². The van der Waals surface area contributed by atoms with E-state index in [0.29, 0.717) is 10.9 Å². The van der Waals surface area contributed by atoms with Crippen molar-refractivity contribution in [2.24, 2.45) is 0 Å². The summed E-state index contributed by atoms with van der Waals surface area (Å²) in [5.74, 6) is -0.271. The van der Waals surface area contributed by atoms with Crippen molar-refractivity contribution < 1.29 is 9.50 Å². The molecule has 0 aliphatic heterocycles. The van der Waals surface area contributed by atoms with E-state index in [1.807, 2.05) is 13.0 Å². The molecule has 17 heavy (non-hydrogen) atoms. The van der Waals surface area contributed by atoms with Crippen LogP contribution in [0.2, 0.25) is 0 Å². The number of aliphatic hydroxyl groups is 1. The highest BCUT2D eigenvalue weighted by Gasteiger charge is 2.22. The van der Waals surface area contributed by atoms with E-state index in [2.05, 4.69) is 22.9 Å². The van der Waals surface area contributed by atoms with Crippen molar-refractivity contribution >= 4 is 15.9 Å². The number of rotatable bonds is 6. The molecule has 0 aliphatic rings. The summed E-state index contributed by atoms with van der Waals surface area (Å²) >= 11 is 3.23. The molecule has 3 heteroatoms. The van der Waals surface area contributed by atoms with Crippen molar-refractivity contribution in [3.05, 3.63) is 34.1 Å². The molecular formula is C14H20BrFO. The van der Waals surface area contributed by atoms with E-state index in [-0.39, 0.29) is 5.82 Å². The first kappa shape index (κ1) is 14.7. The van der Waals surface area contributed by atoms with Gasteiger partial charge < -0.3 is 5.11 Å². The Labute approximate surface area is 111 Å². The smallest absolute Gasteiger partial charge is 0.137 e. The molecule has 0 aromatic heterocycles. The summed E-state index contributed by atoms with van der Waals surface area (Å²) in [6.45, 7) is 3.96. The zero-order valence-electron chi connectivity index (χ0n) is 10.5. The topological polar surface area (TPSA) is 20.2 Å². The first-order chi connectivity index (χ1) is 7.96. The number of benzene rings is 1. The van der Waals surface area contributed by atoms with Gasteiger partial charge in [-0.1, -0.05) is 38.3 Å². The number of unbranched alkanes of at least 4 members (excludes halogenated alkanes) is 2. The second-order valence-corrected chi connectivity index (χ2v) is 5.64. The minimum absolute atomic E-state index is 0.271. The summed E-state index contributed by atoms with van der Waals surface area (Å²) in [4.78, 5) is 0. The highest BCUT2D eigenvalue weighted by molar-refractivity contribution is 9.10. The van der Waals surface area contributed by atoms with Gasteiger partial charge in [-0.2, -0.15) is 0 Å². The highest BCUT2D eigenvalue weighted by atomic mass is 79.9. The number of halogens is 2. The Kier molecular flexibility index (Phi) is 5.60. The van der Waals surface area contributed by atoms with Crippen molar-refractivity contribution in [2.45, 2.75) is 51.6 Å². The number of hydrogen-bond acceptors (Lipinski definition) is 1. The Hall–Kier alpha value is -0.410. The Morgan fingerprint density at radius 2 is 2.06 bits per heavy atom. The third-order valence-electron chi connectivity index (χ3n) is 2.92. The second-order valence-electron chi connectivity index (χ2n) is 4.84. The minimum Gasteiger partial charge on any atom is -0.390 e. The van der Waals surface area contributed by atoms with Crippen molar-refractivity contribution in [3.8, 4) is 0 Å². The van der Waals surface area contributed by atoms with Gasteiger partial charge in [0.2, 0.25) is 0 Å². The van der Waals surface area contributed by atoms with Crippen LogP contribution in [0, 0.1) is 5.82 Å². The van der Waals surface area contributed by atoms with Gasteiger partial charge in [0.05, 0.1) is 10.1 Å². The van der Waals surface area contributed by atoms with Crippen molar-refractivity contribution in [2.75, 3.05) is 0 Å². The maximum absolute atomic E-state index is 13.3. The lowest BCUT2D eigenvalue weighted by Crippen LogP contribution is -2.27. The summed E-state index contributed by atoms with van der Waals surface area (Å²) in [6.07, 6.45) is 4.51. The van der Waals surface area contributed by atoms with Crippen LogP contribution in [0.25, 0.3) is 0 Å². The van der Waals surface area contributed by atoms with Gasteiger partial charge in [0.25, 0.3) is 0 Å². The molecule has 0 radical (unpaired) electrons. The summed E-state index contributed by atoms with van der Waals surface area (Å²) in [6, 6.07) is 4.94. The molecule has 1 N–H and O–H groups in total. The second kappa shape index (κ2) is 6.50. The lowest BCUT2D eigenvalue weighted by atomic mass is 9.91. The highest BCUT2D eigenvalue weighted by Crippen LogP contribution is 2.26. The fourth-order valence-corrected chi connectivity index (χ4v) is 2.34. The Balaban J connectivity index is 2.65. The molecule has 0 fully saturated rings. The predicted octanol–water partition coefficient (Wildman–Crippen LogP) is 4.46. The van der Waals surface area contributed by atoms with Gasteiger partial charge in [0.1, 0.15) is 5.82 Å². The van der Waals surface area contributed by atoms with E-state index in [0.717, 1.165) is 31.2 Å². The molecule has 0 amide bonds. The molecular weight excluding hydrogens is 283 g/mol. The molecule has 0 saturated carbocycles. The molecule has 0 spiro atoms. The monoisotopic (exact) mass is 302 g/mol. The summed E-state index contributed by atoms with van der Waals surface area (Å²) in [5.41, 5.74) is 0.0670. The Morgan fingerprint density at radius 3 is 2.71 bits per heavy atom. The maximum atomic E-state index is 13.3. The average molecular weight is 303 g/mol. The fraction of sp³-hybridized carbons (Fsp3) is 0.571. The van der Waals surface area contributed by atoms with Crippen LogP contribution in [0.4, 0.5) is 4.39 Å². The molecule has 1 aromatic rings. The van der Waals surface area contributed by atoms with Gasteiger partial charge in [-0.3, -0.25) is 0 Å². The SMILES string of the molecule is CCCCCC(C)(O)Cc1cccc(F)c1Br. The van der Waals surface area contributed by atoms with E-state index in [4.69, 9.17) is 0 Å². The van der Waals surface area contributed by atoms with E-state index in [1.165, 1.54) is 6.07 Å². The maximum Gasteiger partial charge on any atom is 0.137 e. The first-order valence-corrected chi connectivity index (χ1v) is 6.91. The summed E-state index contributed by atoms with van der Waals surface area (Å²) in [5, 5.41) is 10.3. The molecule has 0 aliphatic carbocycles. The van der Waals surface area contributed by atoms with Crippen molar-refractivity contribution in [3.63, 3.8) is 0 Å². The lowest BCUT2D eigenvalue weighted by molar-refractivity contribution is 0.0484. The molecule has 0 saturated heterocycles. The molecule has 1 rings (SSSR count). The van der Waals surface area contributed by atoms with Crippen LogP contribution in [-0.4, -0.2) is 10.7 Å². The third kappa shape index (κ3) is 4.76. The van der Waals surface area contributed by atoms with Gasteiger partial charge >= 0.3 is 0 Å². The largest absolute Gasteiger partial charge is 0.390 e. The van der Waals surface area contributed by atoms with Crippen LogP contribution in [0.5, 0.6) is 0 Å². The van der Waals surface area contributed by atoms with Gasteiger partial charge in [0, 0.05) is 6.42 Å². The first-order valence-electron chi connectivity index (χ1n) is 6.11. The molecule has 1 aromatic carbocycles. The molecule has 0 heterocycles. The van der Waals surface area contributed by atoms with Crippen LogP contribution in [0.15, 0.2) is 22.7 Å². The van der Waals surface area contributed by atoms with Crippen molar-refractivity contribution in [1.82, 2.24) is 0 Å². The van der Waals surface area contributed by atoms with Crippen LogP contribution in [0.1, 0.15) is 45.1 Å². The van der Waals surface area contributed by atoms with Crippen LogP contribution < -0.4 is 0 Å². The minimum atomic E-state index is -0.758. The van der Waals surface area contributed by atoms with Gasteiger partial charge in [0.15, 0.2) is 0 Å². The van der Waals surface area contributed by atoms with E-state index in [9.17, 15) is 9.50 Å². The standard InChI is InChI=1S/C14H20BrFO/c1-3-4-5-9-14(2,17)10-11-7-6-8-12(16)13(11)15/h6-8,17H,3-5,9-10H2,1-2H3. The van der Waals surface area contributed by atoms with Crippen LogP contribution in [-0.2, 0) is 6.42 Å². The molecule has 1 unspecified atom stereocenters. The average Bonchev–Trinajstić information content (AvgIpc) is 2.25. The van der Waals surface area contributed by atoms with Crippen LogP contribution in [0.3, 0.4) is 0 Å². The summed E-state index contributed by atoms with van der Waals surface area (Å²) < 4.78 is 13.8. The Morgan fingerprint density at radius 1 is 1.35 bits per heavy atom. The van der Waals surface area contributed by atoms with E-state index < -0.39 is 5.60 Å². The zero-order valence-corrected chi connectivity index (χ0v) is 12.1. The van der Waals surface area contributed by atoms with E-state index >= 15 is 0 Å². The third-order valence-corrected chi connectivity index (χ3v) is 3.81. The number of hydrogen-bond donors (Lipinski definition) is 1. The molecule has 96 valence electrons. The lowest BCUT2D eigenvalue weighted by Gasteiger charge is -2.24. The van der Waals surface area contributed by atoms with Gasteiger partial charge in [-0.05, 0) is 40.9 Å². The molecule has 1 atom stereocenters. The van der Waals surface area contributed by atoms with Gasteiger partial charge in [-0.25, -0.2) is 4.39 Å². The fourth-order valence-electron chi connectivity index (χ4n) is 1.94. The van der Waals surface area contributed by atoms with Crippen LogP contribution >= 0.6 is 15.9 Å².